The van der Waals surface area contributed by atoms with E-state index in [1.165, 1.54) is 12.4 Å². The maximum Gasteiger partial charge on any atom is 0.311 e. The molecule has 0 aliphatic carbocycles. The van der Waals surface area contributed by atoms with Crippen LogP contribution in [0.4, 0.5) is 0 Å². The first-order valence-electron chi connectivity index (χ1n) is 5.61. The standard InChI is InChI=1S/C12H16ClN3O3/c1-11(2,10(18)19)12(3,4)16-9(17)7-5-15-8(13)6-14-7/h5-6H,1-4H3,(H,16,17)(H,18,19). The minimum Gasteiger partial charge on any atom is -0.481 e. The van der Waals surface area contributed by atoms with E-state index >= 15 is 0 Å². The molecule has 1 aromatic rings. The summed E-state index contributed by atoms with van der Waals surface area (Å²) in [5, 5.41) is 12.0. The highest BCUT2D eigenvalue weighted by atomic mass is 35.5. The molecule has 0 saturated carbocycles. The van der Waals surface area contributed by atoms with Crippen LogP contribution in [-0.2, 0) is 4.79 Å². The van der Waals surface area contributed by atoms with E-state index in [9.17, 15) is 14.7 Å². The lowest BCUT2D eigenvalue weighted by atomic mass is 9.74. The number of nitrogens with zero attached hydrogens (tertiary/aromatic N) is 2. The highest BCUT2D eigenvalue weighted by Gasteiger charge is 2.44. The van der Waals surface area contributed by atoms with Crippen molar-refractivity contribution in [2.24, 2.45) is 5.41 Å². The van der Waals surface area contributed by atoms with Crippen LogP contribution in [0, 0.1) is 5.41 Å². The summed E-state index contributed by atoms with van der Waals surface area (Å²) in [5.74, 6) is -1.50. The fourth-order valence-corrected chi connectivity index (χ4v) is 1.30. The zero-order valence-corrected chi connectivity index (χ0v) is 11.9. The first-order chi connectivity index (χ1) is 8.58. The quantitative estimate of drug-likeness (QED) is 0.879. The molecular weight excluding hydrogens is 270 g/mol. The molecule has 104 valence electrons. The Labute approximate surface area is 116 Å². The molecule has 0 aliphatic heterocycles. The van der Waals surface area contributed by atoms with Gasteiger partial charge in [-0.15, -0.1) is 0 Å². The molecule has 0 fully saturated rings. The van der Waals surface area contributed by atoms with E-state index in [0.29, 0.717) is 0 Å². The predicted molar refractivity (Wildman–Crippen MR) is 70.0 cm³/mol. The first-order valence-corrected chi connectivity index (χ1v) is 5.99. The molecular formula is C12H16ClN3O3. The first kappa shape index (κ1) is 15.4. The van der Waals surface area contributed by atoms with Crippen LogP contribution in [0.3, 0.4) is 0 Å². The number of hydrogen-bond donors (Lipinski definition) is 2. The van der Waals surface area contributed by atoms with Crippen LogP contribution < -0.4 is 5.32 Å². The summed E-state index contributed by atoms with van der Waals surface area (Å²) in [4.78, 5) is 30.8. The third kappa shape index (κ3) is 3.20. The van der Waals surface area contributed by atoms with Gasteiger partial charge in [0.1, 0.15) is 10.8 Å². The van der Waals surface area contributed by atoms with Gasteiger partial charge in [-0.3, -0.25) is 9.59 Å². The number of halogens is 1. The van der Waals surface area contributed by atoms with Crippen LogP contribution in [-0.4, -0.2) is 32.5 Å². The molecule has 2 N–H and O–H groups in total. The number of aromatic nitrogens is 2. The Morgan fingerprint density at radius 2 is 1.79 bits per heavy atom. The normalized spacial score (nSPS) is 12.1. The number of nitrogens with one attached hydrogen (secondary N) is 1. The summed E-state index contributed by atoms with van der Waals surface area (Å²) in [6.07, 6.45) is 2.49. The van der Waals surface area contributed by atoms with Gasteiger partial charge < -0.3 is 10.4 Å². The van der Waals surface area contributed by atoms with Gasteiger partial charge in [-0.2, -0.15) is 0 Å². The Bertz CT molecular complexity index is 497. The maximum absolute atomic E-state index is 12.0. The van der Waals surface area contributed by atoms with Gasteiger partial charge in [0.05, 0.1) is 23.3 Å². The number of carboxylic acids is 1. The van der Waals surface area contributed by atoms with Gasteiger partial charge in [0.2, 0.25) is 0 Å². The second kappa shape index (κ2) is 5.13. The minimum absolute atomic E-state index is 0.0821. The predicted octanol–water partition coefficient (Wildman–Crippen LogP) is 1.75. The van der Waals surface area contributed by atoms with Crippen LogP contribution in [0.5, 0.6) is 0 Å². The number of hydrogen-bond acceptors (Lipinski definition) is 4. The number of amides is 1. The molecule has 1 rings (SSSR count). The SMILES string of the molecule is CC(C)(NC(=O)c1cnc(Cl)cn1)C(C)(C)C(=O)O. The van der Waals surface area contributed by atoms with E-state index in [1.807, 2.05) is 0 Å². The van der Waals surface area contributed by atoms with Crippen LogP contribution in [0.1, 0.15) is 38.2 Å². The summed E-state index contributed by atoms with van der Waals surface area (Å²) in [6, 6.07) is 0. The maximum atomic E-state index is 12.0. The lowest BCUT2D eigenvalue weighted by Gasteiger charge is -2.38. The van der Waals surface area contributed by atoms with E-state index in [1.54, 1.807) is 27.7 Å². The van der Waals surface area contributed by atoms with Crippen LogP contribution >= 0.6 is 11.6 Å². The van der Waals surface area contributed by atoms with E-state index in [0.717, 1.165) is 0 Å². The highest BCUT2D eigenvalue weighted by molar-refractivity contribution is 6.29. The Morgan fingerprint density at radius 1 is 1.21 bits per heavy atom. The van der Waals surface area contributed by atoms with Crippen molar-refractivity contribution in [3.63, 3.8) is 0 Å². The second-order valence-corrected chi connectivity index (χ2v) is 5.62. The van der Waals surface area contributed by atoms with Crippen molar-refractivity contribution in [3.05, 3.63) is 23.2 Å². The van der Waals surface area contributed by atoms with Gasteiger partial charge in [0.25, 0.3) is 5.91 Å². The zero-order valence-electron chi connectivity index (χ0n) is 11.2. The van der Waals surface area contributed by atoms with Crippen LogP contribution in [0.2, 0.25) is 5.15 Å². The molecule has 1 amide bonds. The summed E-state index contributed by atoms with van der Waals surface area (Å²) in [7, 11) is 0. The average molecular weight is 286 g/mol. The lowest BCUT2D eigenvalue weighted by Crippen LogP contribution is -2.57. The molecule has 0 unspecified atom stereocenters. The summed E-state index contributed by atoms with van der Waals surface area (Å²) in [6.45, 7) is 6.37. The second-order valence-electron chi connectivity index (χ2n) is 5.23. The smallest absolute Gasteiger partial charge is 0.311 e. The third-order valence-electron chi connectivity index (χ3n) is 3.38. The van der Waals surface area contributed by atoms with Crippen LogP contribution in [0.15, 0.2) is 12.4 Å². The van der Waals surface area contributed by atoms with Crippen molar-refractivity contribution in [3.8, 4) is 0 Å². The van der Waals surface area contributed by atoms with Gasteiger partial charge >= 0.3 is 5.97 Å². The summed E-state index contributed by atoms with van der Waals surface area (Å²) < 4.78 is 0. The topological polar surface area (TPSA) is 92.2 Å². The average Bonchev–Trinajstić information content (AvgIpc) is 2.28. The largest absolute Gasteiger partial charge is 0.481 e. The van der Waals surface area contributed by atoms with E-state index in [-0.39, 0.29) is 10.8 Å². The summed E-state index contributed by atoms with van der Waals surface area (Å²) in [5.41, 5.74) is -2.02. The number of carboxylic acid groups (broad SMARTS) is 1. The molecule has 19 heavy (non-hydrogen) atoms. The van der Waals surface area contributed by atoms with Crippen molar-refractivity contribution < 1.29 is 14.7 Å². The lowest BCUT2D eigenvalue weighted by molar-refractivity contribution is -0.150. The number of carbonyl (C=O) groups excluding carboxylic acids is 1. The van der Waals surface area contributed by atoms with Crippen molar-refractivity contribution in [1.82, 2.24) is 15.3 Å². The van der Waals surface area contributed by atoms with Gasteiger partial charge in [0.15, 0.2) is 0 Å². The Morgan fingerprint density at radius 3 is 2.21 bits per heavy atom. The van der Waals surface area contributed by atoms with Gasteiger partial charge in [-0.1, -0.05) is 11.6 Å². The van der Waals surface area contributed by atoms with Crippen molar-refractivity contribution in [2.45, 2.75) is 33.2 Å². The van der Waals surface area contributed by atoms with Crippen molar-refractivity contribution in [2.75, 3.05) is 0 Å². The molecule has 0 aliphatic rings. The van der Waals surface area contributed by atoms with E-state index in [2.05, 4.69) is 15.3 Å². The molecule has 0 bridgehead atoms. The number of carbonyl (C=O) groups is 2. The molecule has 0 radical (unpaired) electrons. The highest BCUT2D eigenvalue weighted by Crippen LogP contribution is 2.30. The Kier molecular flexibility index (Phi) is 4.15. The minimum atomic E-state index is -1.14. The van der Waals surface area contributed by atoms with Crippen LogP contribution in [0.25, 0.3) is 0 Å². The molecule has 0 atom stereocenters. The van der Waals surface area contributed by atoms with Crippen molar-refractivity contribution >= 4 is 23.5 Å². The molecule has 0 saturated heterocycles. The molecule has 1 heterocycles. The Balaban J connectivity index is 2.92. The monoisotopic (exact) mass is 285 g/mol. The molecule has 0 spiro atoms. The number of rotatable bonds is 4. The molecule has 0 aromatic carbocycles. The van der Waals surface area contributed by atoms with Gasteiger partial charge in [-0.05, 0) is 27.7 Å². The Hall–Kier alpha value is -1.69. The van der Waals surface area contributed by atoms with Gasteiger partial charge in [0, 0.05) is 0 Å². The fourth-order valence-electron chi connectivity index (χ4n) is 1.20. The van der Waals surface area contributed by atoms with Crippen molar-refractivity contribution in [1.29, 1.82) is 0 Å². The number of aliphatic carboxylic acids is 1. The van der Waals surface area contributed by atoms with E-state index < -0.39 is 22.8 Å². The molecule has 6 nitrogen and oxygen atoms in total. The molecule has 1 aromatic heterocycles. The molecule has 7 heteroatoms. The van der Waals surface area contributed by atoms with Gasteiger partial charge in [-0.25, -0.2) is 9.97 Å². The summed E-state index contributed by atoms with van der Waals surface area (Å²) >= 11 is 5.58. The third-order valence-corrected chi connectivity index (χ3v) is 3.57. The van der Waals surface area contributed by atoms with E-state index in [4.69, 9.17) is 11.6 Å². The fraction of sp³-hybridized carbons (Fsp3) is 0.500. The zero-order chi connectivity index (χ0) is 14.8.